The summed E-state index contributed by atoms with van der Waals surface area (Å²) in [6, 6.07) is 3.74. The normalized spacial score (nSPS) is 13.2. The van der Waals surface area contributed by atoms with E-state index in [1.807, 2.05) is 12.1 Å². The van der Waals surface area contributed by atoms with Gasteiger partial charge >= 0.3 is 0 Å². The first-order valence-corrected chi connectivity index (χ1v) is 6.82. The van der Waals surface area contributed by atoms with Gasteiger partial charge in [0.05, 0.1) is 19.2 Å². The van der Waals surface area contributed by atoms with Crippen molar-refractivity contribution >= 4 is 11.6 Å². The van der Waals surface area contributed by atoms with Crippen LogP contribution >= 0.6 is 11.6 Å². The third kappa shape index (κ3) is 3.81. The Morgan fingerprint density at radius 3 is 2.32 bits per heavy atom. The zero-order chi connectivity index (χ0) is 14.4. The molecule has 0 saturated heterocycles. The van der Waals surface area contributed by atoms with E-state index in [9.17, 15) is 0 Å². The molecule has 2 nitrogen and oxygen atoms in total. The molecule has 0 heterocycles. The molecule has 1 aromatic carbocycles. The highest BCUT2D eigenvalue weighted by molar-refractivity contribution is 6.32. The van der Waals surface area contributed by atoms with Crippen molar-refractivity contribution in [1.29, 1.82) is 0 Å². The summed E-state index contributed by atoms with van der Waals surface area (Å²) in [5.41, 5.74) is 1.06. The molecule has 0 saturated carbocycles. The monoisotopic (exact) mass is 280 g/mol. The number of ether oxygens (including phenoxy) is 2. The zero-order valence-electron chi connectivity index (χ0n) is 12.2. The highest BCUT2D eigenvalue weighted by Gasteiger charge is 2.19. The van der Waals surface area contributed by atoms with Crippen LogP contribution in [0.15, 0.2) is 12.1 Å². The fourth-order valence-electron chi connectivity index (χ4n) is 1.90. The molecule has 0 spiro atoms. The van der Waals surface area contributed by atoms with Crippen molar-refractivity contribution in [1.82, 2.24) is 0 Å². The maximum Gasteiger partial charge on any atom is 0.141 e. The molecule has 0 aliphatic rings. The van der Waals surface area contributed by atoms with Gasteiger partial charge in [-0.2, -0.15) is 0 Å². The maximum absolute atomic E-state index is 6.19. The van der Waals surface area contributed by atoms with E-state index in [1.165, 1.54) is 0 Å². The number of methoxy groups -OCH3 is 2. The van der Waals surface area contributed by atoms with Crippen LogP contribution in [0, 0.1) is 17.8 Å². The van der Waals surface area contributed by atoms with E-state index in [-0.39, 0.29) is 11.8 Å². The lowest BCUT2D eigenvalue weighted by atomic mass is 9.88. The third-order valence-corrected chi connectivity index (χ3v) is 3.55. The van der Waals surface area contributed by atoms with E-state index in [1.54, 1.807) is 14.2 Å². The maximum atomic E-state index is 6.19. The summed E-state index contributed by atoms with van der Waals surface area (Å²) in [7, 11) is 3.25. The molecule has 0 bridgehead atoms. The van der Waals surface area contributed by atoms with Crippen LogP contribution in [-0.2, 0) is 0 Å². The van der Waals surface area contributed by atoms with Crippen molar-refractivity contribution in [3.05, 3.63) is 22.7 Å². The van der Waals surface area contributed by atoms with Crippen molar-refractivity contribution in [3.8, 4) is 23.3 Å². The van der Waals surface area contributed by atoms with Crippen molar-refractivity contribution in [2.45, 2.75) is 33.1 Å². The lowest BCUT2D eigenvalue weighted by molar-refractivity contribution is 0.386. The van der Waals surface area contributed by atoms with Crippen molar-refractivity contribution < 1.29 is 9.47 Å². The summed E-state index contributed by atoms with van der Waals surface area (Å²) in [5, 5.41) is 0.598. The van der Waals surface area contributed by atoms with Crippen molar-refractivity contribution in [2.24, 2.45) is 5.92 Å². The van der Waals surface area contributed by atoms with Gasteiger partial charge in [-0.1, -0.05) is 38.3 Å². The lowest BCUT2D eigenvalue weighted by Crippen LogP contribution is -2.06. The summed E-state index contributed by atoms with van der Waals surface area (Å²) in [4.78, 5) is 0. The Morgan fingerprint density at radius 1 is 1.16 bits per heavy atom. The Kier molecular flexibility index (Phi) is 6.05. The minimum atomic E-state index is 0.248. The van der Waals surface area contributed by atoms with Gasteiger partial charge in [0, 0.05) is 18.4 Å². The second-order valence-corrected chi connectivity index (χ2v) is 4.89. The molecule has 19 heavy (non-hydrogen) atoms. The summed E-state index contributed by atoms with van der Waals surface area (Å²) in [6.07, 6.45) is 0.873. The summed E-state index contributed by atoms with van der Waals surface area (Å²) >= 11 is 6.19. The van der Waals surface area contributed by atoms with E-state index < -0.39 is 0 Å². The lowest BCUT2D eigenvalue weighted by Gasteiger charge is -2.20. The average molecular weight is 281 g/mol. The molecular weight excluding hydrogens is 260 g/mol. The molecule has 104 valence electrons. The number of benzene rings is 1. The highest BCUT2D eigenvalue weighted by atomic mass is 35.5. The van der Waals surface area contributed by atoms with Crippen LogP contribution < -0.4 is 9.47 Å². The smallest absolute Gasteiger partial charge is 0.141 e. The van der Waals surface area contributed by atoms with E-state index >= 15 is 0 Å². The molecule has 0 amide bonds. The summed E-state index contributed by atoms with van der Waals surface area (Å²) < 4.78 is 10.6. The van der Waals surface area contributed by atoms with E-state index in [0.29, 0.717) is 10.8 Å². The first-order chi connectivity index (χ1) is 9.04. The SMILES string of the molecule is CCC#CC(C)C(C)c1cc(Cl)c(OC)cc1OC. The third-order valence-electron chi connectivity index (χ3n) is 3.25. The van der Waals surface area contributed by atoms with Gasteiger partial charge in [-0.25, -0.2) is 0 Å². The zero-order valence-corrected chi connectivity index (χ0v) is 13.0. The first-order valence-electron chi connectivity index (χ1n) is 6.44. The van der Waals surface area contributed by atoms with Gasteiger partial charge < -0.3 is 9.47 Å². The van der Waals surface area contributed by atoms with Gasteiger partial charge in [0.2, 0.25) is 0 Å². The Labute approximate surface area is 121 Å². The van der Waals surface area contributed by atoms with Gasteiger partial charge in [-0.05, 0) is 17.5 Å². The van der Waals surface area contributed by atoms with Crippen LogP contribution in [0.25, 0.3) is 0 Å². The van der Waals surface area contributed by atoms with Crippen LogP contribution in [0.1, 0.15) is 38.7 Å². The fourth-order valence-corrected chi connectivity index (χ4v) is 2.15. The Hall–Kier alpha value is -1.33. The second kappa shape index (κ2) is 7.31. The fraction of sp³-hybridized carbons (Fsp3) is 0.500. The van der Waals surface area contributed by atoms with Crippen LogP contribution in [0.2, 0.25) is 5.02 Å². The Bertz CT molecular complexity index is 486. The standard InChI is InChI=1S/C16H21ClO2/c1-6-7-8-11(2)12(3)13-9-14(17)16(19-5)10-15(13)18-4/h9-12H,6H2,1-5H3. The summed E-state index contributed by atoms with van der Waals surface area (Å²) in [5.74, 6) is 8.29. The molecule has 0 radical (unpaired) electrons. The largest absolute Gasteiger partial charge is 0.496 e. The molecule has 0 N–H and O–H groups in total. The number of hydrogen-bond donors (Lipinski definition) is 0. The highest BCUT2D eigenvalue weighted by Crippen LogP contribution is 2.38. The Morgan fingerprint density at radius 2 is 1.79 bits per heavy atom. The van der Waals surface area contributed by atoms with Crippen LogP contribution in [0.4, 0.5) is 0 Å². The molecule has 3 heteroatoms. The molecule has 0 fully saturated rings. The molecule has 0 aromatic heterocycles. The van der Waals surface area contributed by atoms with Crippen molar-refractivity contribution in [2.75, 3.05) is 14.2 Å². The van der Waals surface area contributed by atoms with Crippen molar-refractivity contribution in [3.63, 3.8) is 0 Å². The first kappa shape index (κ1) is 15.7. The minimum Gasteiger partial charge on any atom is -0.496 e. The van der Waals surface area contributed by atoms with E-state index in [0.717, 1.165) is 17.7 Å². The molecular formula is C16H21ClO2. The van der Waals surface area contributed by atoms with Gasteiger partial charge in [-0.3, -0.25) is 0 Å². The molecule has 1 aromatic rings. The Balaban J connectivity index is 3.14. The molecule has 2 atom stereocenters. The minimum absolute atomic E-state index is 0.248. The molecule has 0 aliphatic carbocycles. The van der Waals surface area contributed by atoms with Gasteiger partial charge in [0.15, 0.2) is 0 Å². The number of rotatable bonds is 4. The predicted octanol–water partition coefficient (Wildman–Crippen LogP) is 4.51. The molecule has 2 unspecified atom stereocenters. The van der Waals surface area contributed by atoms with Gasteiger partial charge in [-0.15, -0.1) is 5.92 Å². The molecule has 0 aliphatic heterocycles. The van der Waals surface area contributed by atoms with Gasteiger partial charge in [0.1, 0.15) is 11.5 Å². The number of hydrogen-bond acceptors (Lipinski definition) is 2. The topological polar surface area (TPSA) is 18.5 Å². The van der Waals surface area contributed by atoms with Gasteiger partial charge in [0.25, 0.3) is 0 Å². The van der Waals surface area contributed by atoms with Crippen LogP contribution in [-0.4, -0.2) is 14.2 Å². The van der Waals surface area contributed by atoms with E-state index in [2.05, 4.69) is 32.6 Å². The summed E-state index contributed by atoms with van der Waals surface area (Å²) in [6.45, 7) is 6.30. The number of halogens is 1. The molecule has 1 rings (SSSR count). The second-order valence-electron chi connectivity index (χ2n) is 4.48. The van der Waals surface area contributed by atoms with Crippen LogP contribution in [0.3, 0.4) is 0 Å². The predicted molar refractivity (Wildman–Crippen MR) is 80.2 cm³/mol. The van der Waals surface area contributed by atoms with E-state index in [4.69, 9.17) is 21.1 Å². The average Bonchev–Trinajstić information content (AvgIpc) is 2.43. The van der Waals surface area contributed by atoms with Crippen LogP contribution in [0.5, 0.6) is 11.5 Å². The quantitative estimate of drug-likeness (QED) is 0.756.